The number of halogens is 12. The molecule has 0 amide bonds. The van der Waals surface area contributed by atoms with Gasteiger partial charge in [0.15, 0.2) is 8.32 Å². The van der Waals surface area contributed by atoms with E-state index in [4.69, 9.17) is 4.43 Å². The Bertz CT molecular complexity index is 1080. The molecule has 0 radical (unpaired) electrons. The van der Waals surface area contributed by atoms with Crippen LogP contribution in [0.25, 0.3) is 0 Å². The van der Waals surface area contributed by atoms with Gasteiger partial charge in [-0.1, -0.05) is 6.92 Å². The molecule has 1 saturated heterocycles. The van der Waals surface area contributed by atoms with Crippen molar-refractivity contribution in [2.45, 2.75) is 81.7 Å². The van der Waals surface area contributed by atoms with Gasteiger partial charge in [-0.3, -0.25) is 0 Å². The second kappa shape index (κ2) is 11.1. The lowest BCUT2D eigenvalue weighted by molar-refractivity contribution is -0.144. The number of benzene rings is 2. The average molecular weight is 626 g/mol. The van der Waals surface area contributed by atoms with Crippen molar-refractivity contribution in [1.29, 1.82) is 0 Å². The highest BCUT2D eigenvalue weighted by molar-refractivity contribution is 6.71. The minimum atomic E-state index is -5.32. The summed E-state index contributed by atoms with van der Waals surface area (Å²) in [6, 6.07) is 0.466. The lowest BCUT2D eigenvalue weighted by atomic mass is 9.78. The number of rotatable bonds is 7. The molecule has 1 aliphatic heterocycles. The molecule has 1 atom stereocenters. The van der Waals surface area contributed by atoms with E-state index in [1.165, 1.54) is 13.1 Å². The minimum absolute atomic E-state index is 0.155. The van der Waals surface area contributed by atoms with E-state index in [9.17, 15) is 52.7 Å². The molecule has 0 bridgehead atoms. The summed E-state index contributed by atoms with van der Waals surface area (Å²) in [5.41, 5.74) is -11.3. The van der Waals surface area contributed by atoms with E-state index in [0.717, 1.165) is 0 Å². The van der Waals surface area contributed by atoms with Crippen molar-refractivity contribution in [3.8, 4) is 0 Å². The number of alkyl halides is 12. The topological polar surface area (TPSA) is 21.3 Å². The van der Waals surface area contributed by atoms with Crippen LogP contribution in [0.2, 0.25) is 19.1 Å². The molecule has 2 aromatic rings. The van der Waals surface area contributed by atoms with Crippen molar-refractivity contribution >= 4 is 8.32 Å². The van der Waals surface area contributed by atoms with Gasteiger partial charge in [0.05, 0.1) is 22.3 Å². The predicted octanol–water partition coefficient (Wildman–Crippen LogP) is 9.39. The van der Waals surface area contributed by atoms with Crippen molar-refractivity contribution in [3.63, 3.8) is 0 Å². The highest BCUT2D eigenvalue weighted by Gasteiger charge is 2.48. The van der Waals surface area contributed by atoms with E-state index >= 15 is 0 Å². The third-order valence-corrected chi connectivity index (χ3v) is 9.71. The Kier molecular flexibility index (Phi) is 9.00. The first-order chi connectivity index (χ1) is 18.5. The summed E-state index contributed by atoms with van der Waals surface area (Å²) in [4.78, 5) is 0. The molecule has 1 fully saturated rings. The van der Waals surface area contributed by atoms with Gasteiger partial charge in [0, 0.05) is 6.04 Å². The number of hydrogen-bond acceptors (Lipinski definition) is 2. The Morgan fingerprint density at radius 2 is 1.00 bits per heavy atom. The average Bonchev–Trinajstić information content (AvgIpc) is 3.33. The van der Waals surface area contributed by atoms with Gasteiger partial charge in [-0.2, -0.15) is 52.7 Å². The van der Waals surface area contributed by atoms with Gasteiger partial charge in [-0.25, -0.2) is 0 Å². The van der Waals surface area contributed by atoms with Gasteiger partial charge in [-0.05, 0) is 92.5 Å². The van der Waals surface area contributed by atoms with Crippen LogP contribution in [0.1, 0.15) is 59.6 Å². The molecule has 1 aliphatic rings. The lowest BCUT2D eigenvalue weighted by Crippen LogP contribution is -2.46. The smallest absolute Gasteiger partial charge is 0.404 e. The third-order valence-electron chi connectivity index (χ3n) is 7.11. The number of nitrogens with one attached hydrogen (secondary N) is 1. The highest BCUT2D eigenvalue weighted by atomic mass is 28.4. The molecular formula is C26H27F12NOSi. The van der Waals surface area contributed by atoms with Gasteiger partial charge >= 0.3 is 24.7 Å². The lowest BCUT2D eigenvalue weighted by Gasteiger charge is -2.43. The first-order valence-electron chi connectivity index (χ1n) is 12.5. The van der Waals surface area contributed by atoms with Gasteiger partial charge in [-0.15, -0.1) is 0 Å². The first kappa shape index (κ1) is 33.2. The molecular weight excluding hydrogens is 598 g/mol. The molecule has 1 N–H and O–H groups in total. The molecule has 230 valence electrons. The summed E-state index contributed by atoms with van der Waals surface area (Å²) in [6.07, 6.45) is -21.0. The number of hydrogen-bond donors (Lipinski definition) is 1. The molecule has 2 aromatic carbocycles. The van der Waals surface area contributed by atoms with Gasteiger partial charge in [0.25, 0.3) is 0 Å². The van der Waals surface area contributed by atoms with Gasteiger partial charge in [0.2, 0.25) is 0 Å². The molecule has 0 spiro atoms. The largest absolute Gasteiger partial charge is 0.416 e. The Labute approximate surface area is 229 Å². The molecule has 15 heteroatoms. The fourth-order valence-electron chi connectivity index (χ4n) is 4.76. The van der Waals surface area contributed by atoms with Crippen molar-refractivity contribution in [1.82, 2.24) is 5.32 Å². The maximum absolute atomic E-state index is 13.9. The van der Waals surface area contributed by atoms with E-state index in [0.29, 0.717) is 43.7 Å². The van der Waals surface area contributed by atoms with Crippen molar-refractivity contribution in [2.75, 3.05) is 6.54 Å². The van der Waals surface area contributed by atoms with Gasteiger partial charge < -0.3 is 9.74 Å². The second-order valence-corrected chi connectivity index (χ2v) is 15.1. The molecule has 1 unspecified atom stereocenters. The maximum Gasteiger partial charge on any atom is 0.416 e. The quantitative estimate of drug-likeness (QED) is 0.245. The van der Waals surface area contributed by atoms with Crippen LogP contribution < -0.4 is 5.32 Å². The van der Waals surface area contributed by atoms with Crippen LogP contribution in [-0.2, 0) is 34.7 Å². The fraction of sp³-hybridized carbons (Fsp3) is 0.538. The Hall–Kier alpha value is -2.26. The molecule has 0 aromatic heterocycles. The van der Waals surface area contributed by atoms with Crippen molar-refractivity contribution in [3.05, 3.63) is 69.8 Å². The zero-order valence-corrected chi connectivity index (χ0v) is 23.0. The normalized spacial score (nSPS) is 17.8. The zero-order chi connectivity index (χ0) is 31.2. The van der Waals surface area contributed by atoms with Gasteiger partial charge in [0.1, 0.15) is 5.60 Å². The molecule has 0 aliphatic carbocycles. The molecule has 2 nitrogen and oxygen atoms in total. The first-order valence-corrected chi connectivity index (χ1v) is 15.6. The van der Waals surface area contributed by atoms with Crippen molar-refractivity contribution < 1.29 is 57.1 Å². The van der Waals surface area contributed by atoms with E-state index in [1.807, 2.05) is 0 Å². The Morgan fingerprint density at radius 1 is 0.659 bits per heavy atom. The second-order valence-electron chi connectivity index (χ2n) is 10.6. The van der Waals surface area contributed by atoms with E-state index < -0.39 is 84.5 Å². The Morgan fingerprint density at radius 3 is 1.27 bits per heavy atom. The van der Waals surface area contributed by atoms with Crippen LogP contribution in [0.3, 0.4) is 0 Å². The van der Waals surface area contributed by atoms with E-state index in [2.05, 4.69) is 5.32 Å². The third kappa shape index (κ3) is 7.77. The molecule has 0 saturated carbocycles. The molecule has 1 heterocycles. The zero-order valence-electron chi connectivity index (χ0n) is 22.0. The van der Waals surface area contributed by atoms with Crippen LogP contribution in [0.5, 0.6) is 0 Å². The van der Waals surface area contributed by atoms with Crippen LogP contribution in [0.15, 0.2) is 36.4 Å². The summed E-state index contributed by atoms with van der Waals surface area (Å²) in [6.45, 7) is 5.04. The van der Waals surface area contributed by atoms with Crippen LogP contribution in [0.4, 0.5) is 52.7 Å². The van der Waals surface area contributed by atoms with Crippen LogP contribution in [-0.4, -0.2) is 20.9 Å². The highest BCUT2D eigenvalue weighted by Crippen LogP contribution is 2.48. The standard InChI is InChI=1S/C26H27F12NOSi/c1-4-41(2,3)40-22(14-21-6-5-7-39-21,15-8-17(23(27,28)29)12-18(9-15)24(30,31)32)16-10-19(25(33,34)35)13-20(11-16)26(36,37)38/h8-13,21,39H,4-7,14H2,1-3H3. The molecule has 3 rings (SSSR count). The summed E-state index contributed by atoms with van der Waals surface area (Å²) in [5, 5.41) is 2.98. The monoisotopic (exact) mass is 625 g/mol. The summed E-state index contributed by atoms with van der Waals surface area (Å²) >= 11 is 0. The SMILES string of the molecule is CC[Si](C)(C)OC(CC1CCCN1)(c1cc(C(F)(F)F)cc(C(F)(F)F)c1)c1cc(C(F)(F)F)cc(C(F)(F)F)c1. The predicted molar refractivity (Wildman–Crippen MR) is 128 cm³/mol. The fourth-order valence-corrected chi connectivity index (χ4v) is 6.17. The van der Waals surface area contributed by atoms with Crippen LogP contribution >= 0.6 is 0 Å². The minimum Gasteiger partial charge on any atom is -0.404 e. The summed E-state index contributed by atoms with van der Waals surface area (Å²) in [5.74, 6) is 0. The summed E-state index contributed by atoms with van der Waals surface area (Å²) in [7, 11) is -3.16. The van der Waals surface area contributed by atoms with Crippen LogP contribution in [0, 0.1) is 0 Å². The Balaban J connectivity index is 2.55. The van der Waals surface area contributed by atoms with Crippen molar-refractivity contribution in [2.24, 2.45) is 0 Å². The van der Waals surface area contributed by atoms with E-state index in [1.54, 1.807) is 6.92 Å². The summed E-state index contributed by atoms with van der Waals surface area (Å²) < 4.78 is 173. The molecule has 41 heavy (non-hydrogen) atoms. The van der Waals surface area contributed by atoms with E-state index in [-0.39, 0.29) is 18.2 Å². The maximum atomic E-state index is 13.9.